The fourth-order valence-corrected chi connectivity index (χ4v) is 2.66. The Labute approximate surface area is 153 Å². The van der Waals surface area contributed by atoms with Gasteiger partial charge in [0.15, 0.2) is 5.76 Å². The third kappa shape index (κ3) is 4.96. The van der Waals surface area contributed by atoms with Gasteiger partial charge in [-0.3, -0.25) is 4.79 Å². The van der Waals surface area contributed by atoms with Crippen molar-refractivity contribution in [1.82, 2.24) is 14.9 Å². The van der Waals surface area contributed by atoms with Crippen molar-refractivity contribution in [3.63, 3.8) is 0 Å². The summed E-state index contributed by atoms with van der Waals surface area (Å²) in [7, 11) is 0. The minimum Gasteiger partial charge on any atom is -0.484 e. The third-order valence-corrected chi connectivity index (χ3v) is 4.18. The highest BCUT2D eigenvalue weighted by atomic mass is 79.9. The van der Waals surface area contributed by atoms with Crippen LogP contribution in [0.15, 0.2) is 64.0 Å². The smallest absolute Gasteiger partial charge is 0.286 e. The first-order chi connectivity index (χ1) is 12.2. The summed E-state index contributed by atoms with van der Waals surface area (Å²) in [6.07, 6.45) is 6.21. The highest BCUT2D eigenvalue weighted by Crippen LogP contribution is 2.24. The number of ether oxygens (including phenoxy) is 1. The average molecular weight is 404 g/mol. The molecule has 0 aliphatic heterocycles. The molecular formula is C18H18BrN3O3. The van der Waals surface area contributed by atoms with E-state index in [1.54, 1.807) is 24.7 Å². The number of para-hydroxylation sites is 1. The Morgan fingerprint density at radius 2 is 2.16 bits per heavy atom. The molecule has 0 saturated heterocycles. The standard InChI is InChI=1S/C18H18BrN3O3/c19-15-4-1-2-5-16(15)24-12-14-6-7-17(25-14)18(23)21-8-3-10-22-11-9-20-13-22/h1-2,4-7,9,11,13H,3,8,10,12H2,(H,21,23). The zero-order chi connectivity index (χ0) is 17.5. The van der Waals surface area contributed by atoms with Gasteiger partial charge in [0.2, 0.25) is 0 Å². The lowest BCUT2D eigenvalue weighted by Crippen LogP contribution is -2.24. The minimum atomic E-state index is -0.224. The van der Waals surface area contributed by atoms with Crippen LogP contribution in [0.4, 0.5) is 0 Å². The van der Waals surface area contributed by atoms with Gasteiger partial charge in [0, 0.05) is 25.5 Å². The SMILES string of the molecule is O=C(NCCCn1ccnc1)c1ccc(COc2ccccc2Br)o1. The number of benzene rings is 1. The summed E-state index contributed by atoms with van der Waals surface area (Å²) in [5.41, 5.74) is 0. The van der Waals surface area contributed by atoms with Crippen LogP contribution in [-0.4, -0.2) is 22.0 Å². The molecular weight excluding hydrogens is 386 g/mol. The van der Waals surface area contributed by atoms with Crippen LogP contribution in [0.3, 0.4) is 0 Å². The molecule has 2 heterocycles. The first kappa shape index (κ1) is 17.3. The van der Waals surface area contributed by atoms with Crippen LogP contribution in [0.25, 0.3) is 0 Å². The number of furan rings is 1. The second-order valence-electron chi connectivity index (χ2n) is 5.40. The number of amides is 1. The van der Waals surface area contributed by atoms with Gasteiger partial charge in [-0.2, -0.15) is 0 Å². The first-order valence-corrected chi connectivity index (χ1v) is 8.71. The second-order valence-corrected chi connectivity index (χ2v) is 6.25. The van der Waals surface area contributed by atoms with Crippen LogP contribution in [0.2, 0.25) is 0 Å². The summed E-state index contributed by atoms with van der Waals surface area (Å²) in [4.78, 5) is 16.1. The maximum Gasteiger partial charge on any atom is 0.286 e. The number of rotatable bonds is 8. The number of carbonyl (C=O) groups excluding carboxylic acids is 1. The molecule has 0 fully saturated rings. The predicted octanol–water partition coefficient (Wildman–Crippen LogP) is 3.64. The van der Waals surface area contributed by atoms with E-state index in [9.17, 15) is 4.79 Å². The Bertz CT molecular complexity index is 815. The van der Waals surface area contributed by atoms with Crippen LogP contribution in [0.1, 0.15) is 22.7 Å². The van der Waals surface area contributed by atoms with Crippen LogP contribution in [-0.2, 0) is 13.2 Å². The molecule has 0 spiro atoms. The molecule has 0 saturated carbocycles. The van der Waals surface area contributed by atoms with Gasteiger partial charge in [-0.1, -0.05) is 12.1 Å². The summed E-state index contributed by atoms with van der Waals surface area (Å²) in [5.74, 6) is 1.38. The van der Waals surface area contributed by atoms with E-state index in [1.165, 1.54) is 0 Å². The third-order valence-electron chi connectivity index (χ3n) is 3.53. The van der Waals surface area contributed by atoms with Gasteiger partial charge in [0.25, 0.3) is 5.91 Å². The number of imidazole rings is 1. The summed E-state index contributed by atoms with van der Waals surface area (Å²) >= 11 is 3.42. The van der Waals surface area contributed by atoms with Crippen molar-refractivity contribution < 1.29 is 13.9 Å². The van der Waals surface area contributed by atoms with Gasteiger partial charge in [0.05, 0.1) is 10.8 Å². The number of hydrogen-bond donors (Lipinski definition) is 1. The van der Waals surface area contributed by atoms with Crippen molar-refractivity contribution in [2.75, 3.05) is 6.54 Å². The summed E-state index contributed by atoms with van der Waals surface area (Å²) in [5, 5.41) is 2.84. The minimum absolute atomic E-state index is 0.224. The van der Waals surface area contributed by atoms with E-state index in [2.05, 4.69) is 26.2 Å². The molecule has 0 atom stereocenters. The van der Waals surface area contributed by atoms with Gasteiger partial charge in [0.1, 0.15) is 18.1 Å². The Hall–Kier alpha value is -2.54. The number of nitrogens with zero attached hydrogens (tertiary/aromatic N) is 2. The van der Waals surface area contributed by atoms with E-state index in [0.717, 1.165) is 23.2 Å². The van der Waals surface area contributed by atoms with E-state index < -0.39 is 0 Å². The molecule has 0 bridgehead atoms. The zero-order valence-corrected chi connectivity index (χ0v) is 15.1. The fourth-order valence-electron chi connectivity index (χ4n) is 2.26. The maximum absolute atomic E-state index is 12.1. The lowest BCUT2D eigenvalue weighted by atomic mass is 10.3. The molecule has 0 unspecified atom stereocenters. The molecule has 7 heteroatoms. The summed E-state index contributed by atoms with van der Waals surface area (Å²) in [6, 6.07) is 11.0. The highest BCUT2D eigenvalue weighted by molar-refractivity contribution is 9.10. The second kappa shape index (κ2) is 8.53. The van der Waals surface area contributed by atoms with E-state index in [-0.39, 0.29) is 18.3 Å². The summed E-state index contributed by atoms with van der Waals surface area (Å²) in [6.45, 7) is 1.64. The van der Waals surface area contributed by atoms with Crippen LogP contribution in [0.5, 0.6) is 5.75 Å². The van der Waals surface area contributed by atoms with E-state index >= 15 is 0 Å². The maximum atomic E-state index is 12.1. The molecule has 130 valence electrons. The largest absolute Gasteiger partial charge is 0.484 e. The molecule has 3 aromatic rings. The highest BCUT2D eigenvalue weighted by Gasteiger charge is 2.11. The number of nitrogens with one attached hydrogen (secondary N) is 1. The lowest BCUT2D eigenvalue weighted by Gasteiger charge is -2.06. The van der Waals surface area contributed by atoms with Crippen LogP contribution in [0, 0.1) is 0 Å². The molecule has 6 nitrogen and oxygen atoms in total. The predicted molar refractivity (Wildman–Crippen MR) is 96.4 cm³/mol. The van der Waals surface area contributed by atoms with Crippen LogP contribution >= 0.6 is 15.9 Å². The quantitative estimate of drug-likeness (QED) is 0.582. The number of carbonyl (C=O) groups is 1. The van der Waals surface area contributed by atoms with Crippen molar-refractivity contribution >= 4 is 21.8 Å². The molecule has 2 aromatic heterocycles. The molecule has 1 N–H and O–H groups in total. The molecule has 25 heavy (non-hydrogen) atoms. The molecule has 0 radical (unpaired) electrons. The van der Waals surface area contributed by atoms with Gasteiger partial charge in [-0.05, 0) is 46.6 Å². The normalized spacial score (nSPS) is 10.6. The van der Waals surface area contributed by atoms with Crippen molar-refractivity contribution in [3.05, 3.63) is 71.1 Å². The lowest BCUT2D eigenvalue weighted by molar-refractivity contribution is 0.0921. The van der Waals surface area contributed by atoms with Crippen molar-refractivity contribution in [2.24, 2.45) is 0 Å². The molecule has 0 aliphatic carbocycles. The zero-order valence-electron chi connectivity index (χ0n) is 13.5. The average Bonchev–Trinajstić information content (AvgIpc) is 3.30. The van der Waals surface area contributed by atoms with E-state index in [0.29, 0.717) is 12.3 Å². The molecule has 3 rings (SSSR count). The van der Waals surface area contributed by atoms with E-state index in [1.807, 2.05) is 35.0 Å². The van der Waals surface area contributed by atoms with Crippen molar-refractivity contribution in [1.29, 1.82) is 0 Å². The number of hydrogen-bond acceptors (Lipinski definition) is 4. The number of aryl methyl sites for hydroxylation is 1. The van der Waals surface area contributed by atoms with Gasteiger partial charge in [-0.15, -0.1) is 0 Å². The monoisotopic (exact) mass is 403 g/mol. The fraction of sp³-hybridized carbons (Fsp3) is 0.222. The molecule has 0 aliphatic rings. The van der Waals surface area contributed by atoms with Crippen LogP contribution < -0.4 is 10.1 Å². The Balaban J connectivity index is 1.44. The van der Waals surface area contributed by atoms with Crippen molar-refractivity contribution in [2.45, 2.75) is 19.6 Å². The first-order valence-electron chi connectivity index (χ1n) is 7.92. The number of aromatic nitrogens is 2. The Morgan fingerprint density at radius 1 is 1.28 bits per heavy atom. The molecule has 1 aromatic carbocycles. The molecule has 1 amide bonds. The summed E-state index contributed by atoms with van der Waals surface area (Å²) < 4.78 is 14.1. The van der Waals surface area contributed by atoms with Gasteiger partial charge >= 0.3 is 0 Å². The van der Waals surface area contributed by atoms with E-state index in [4.69, 9.17) is 9.15 Å². The Morgan fingerprint density at radius 3 is 2.96 bits per heavy atom. The number of halogens is 1. The van der Waals surface area contributed by atoms with Gasteiger partial charge in [-0.25, -0.2) is 4.98 Å². The van der Waals surface area contributed by atoms with Gasteiger partial charge < -0.3 is 19.0 Å². The Kier molecular flexibility index (Phi) is 5.90. The topological polar surface area (TPSA) is 69.3 Å². The van der Waals surface area contributed by atoms with Crippen molar-refractivity contribution in [3.8, 4) is 5.75 Å².